The number of nitrogens with one attached hydrogen (secondary N) is 1. The highest BCUT2D eigenvalue weighted by molar-refractivity contribution is 5.76. The van der Waals surface area contributed by atoms with E-state index in [1.165, 1.54) is 199 Å². The molecular formula is C50H99NO5. The van der Waals surface area contributed by atoms with E-state index >= 15 is 0 Å². The number of aliphatic hydroxyl groups is 2. The van der Waals surface area contributed by atoms with Crippen molar-refractivity contribution < 1.29 is 24.5 Å². The average Bonchev–Trinajstić information content (AvgIpc) is 3.20. The van der Waals surface area contributed by atoms with Gasteiger partial charge in [0.1, 0.15) is 0 Å². The number of aliphatic hydroxyl groups excluding tert-OH is 2. The van der Waals surface area contributed by atoms with Crippen LogP contribution in [-0.4, -0.2) is 47.4 Å². The molecule has 334 valence electrons. The molecule has 56 heavy (non-hydrogen) atoms. The van der Waals surface area contributed by atoms with Gasteiger partial charge in [0.15, 0.2) is 0 Å². The number of rotatable bonds is 47. The van der Waals surface area contributed by atoms with Crippen molar-refractivity contribution in [2.75, 3.05) is 13.2 Å². The summed E-state index contributed by atoms with van der Waals surface area (Å²) in [6.45, 7) is 4.93. The molecule has 0 spiro atoms. The SMILES string of the molecule is CCCCCCCCCCCCCCCC(=O)OCCCCCCCCCCCCCCCCC(=O)NC(CO)C(O)CCCCCCCCCCCCCC. The molecule has 0 saturated heterocycles. The molecule has 0 aliphatic carbocycles. The van der Waals surface area contributed by atoms with E-state index in [4.69, 9.17) is 4.74 Å². The molecule has 0 rings (SSSR count). The van der Waals surface area contributed by atoms with Gasteiger partial charge in [-0.2, -0.15) is 0 Å². The number of carbonyl (C=O) groups is 2. The van der Waals surface area contributed by atoms with E-state index in [-0.39, 0.29) is 18.5 Å². The van der Waals surface area contributed by atoms with Crippen LogP contribution in [0.25, 0.3) is 0 Å². The van der Waals surface area contributed by atoms with Crippen LogP contribution in [0.5, 0.6) is 0 Å². The molecule has 0 aliphatic rings. The fourth-order valence-electron chi connectivity index (χ4n) is 7.99. The van der Waals surface area contributed by atoms with E-state index in [0.29, 0.717) is 25.9 Å². The number of carbonyl (C=O) groups excluding carboxylic acids is 2. The second kappa shape index (κ2) is 46.5. The van der Waals surface area contributed by atoms with Gasteiger partial charge in [0.2, 0.25) is 5.91 Å². The summed E-state index contributed by atoms with van der Waals surface area (Å²) in [5, 5.41) is 23.1. The van der Waals surface area contributed by atoms with Crippen LogP contribution in [0.2, 0.25) is 0 Å². The van der Waals surface area contributed by atoms with Crippen molar-refractivity contribution in [3.63, 3.8) is 0 Å². The van der Waals surface area contributed by atoms with Crippen molar-refractivity contribution in [3.05, 3.63) is 0 Å². The van der Waals surface area contributed by atoms with Gasteiger partial charge >= 0.3 is 5.97 Å². The molecule has 0 aromatic carbocycles. The lowest BCUT2D eigenvalue weighted by molar-refractivity contribution is -0.143. The summed E-state index contributed by atoms with van der Waals surface area (Å²) < 4.78 is 5.46. The molecular weight excluding hydrogens is 695 g/mol. The number of hydrogen-bond donors (Lipinski definition) is 3. The Labute approximate surface area is 349 Å². The Kier molecular flexibility index (Phi) is 45.6. The fraction of sp³-hybridized carbons (Fsp3) is 0.960. The molecule has 6 nitrogen and oxygen atoms in total. The van der Waals surface area contributed by atoms with Crippen LogP contribution < -0.4 is 5.32 Å². The lowest BCUT2D eigenvalue weighted by atomic mass is 10.0. The zero-order chi connectivity index (χ0) is 40.8. The van der Waals surface area contributed by atoms with Gasteiger partial charge in [-0.05, 0) is 25.7 Å². The van der Waals surface area contributed by atoms with Gasteiger partial charge in [-0.25, -0.2) is 0 Å². The van der Waals surface area contributed by atoms with E-state index in [0.717, 1.165) is 51.4 Å². The summed E-state index contributed by atoms with van der Waals surface area (Å²) in [4.78, 5) is 24.4. The highest BCUT2D eigenvalue weighted by Crippen LogP contribution is 2.17. The summed E-state index contributed by atoms with van der Waals surface area (Å²) in [6.07, 6.45) is 50.6. The van der Waals surface area contributed by atoms with Crippen molar-refractivity contribution in [2.45, 2.75) is 296 Å². The largest absolute Gasteiger partial charge is 0.466 e. The Hall–Kier alpha value is -1.14. The molecule has 0 saturated carbocycles. The van der Waals surface area contributed by atoms with E-state index in [2.05, 4.69) is 19.2 Å². The molecule has 0 aliphatic heterocycles. The maximum atomic E-state index is 12.4. The van der Waals surface area contributed by atoms with Gasteiger partial charge in [0.25, 0.3) is 0 Å². The van der Waals surface area contributed by atoms with Crippen LogP contribution in [-0.2, 0) is 14.3 Å². The van der Waals surface area contributed by atoms with E-state index in [1.807, 2.05) is 0 Å². The molecule has 0 aromatic heterocycles. The predicted octanol–water partition coefficient (Wildman–Crippen LogP) is 14.8. The Balaban J connectivity index is 3.42. The summed E-state index contributed by atoms with van der Waals surface area (Å²) in [7, 11) is 0. The van der Waals surface area contributed by atoms with Gasteiger partial charge in [-0.15, -0.1) is 0 Å². The number of amides is 1. The van der Waals surface area contributed by atoms with Crippen LogP contribution in [0.15, 0.2) is 0 Å². The van der Waals surface area contributed by atoms with Gasteiger partial charge in [0.05, 0.1) is 25.4 Å². The first-order valence-corrected chi connectivity index (χ1v) is 25.3. The third-order valence-electron chi connectivity index (χ3n) is 11.9. The van der Waals surface area contributed by atoms with Gasteiger partial charge < -0.3 is 20.3 Å². The molecule has 2 atom stereocenters. The average molecular weight is 794 g/mol. The second-order valence-electron chi connectivity index (χ2n) is 17.5. The van der Waals surface area contributed by atoms with Crippen molar-refractivity contribution in [2.24, 2.45) is 0 Å². The quantitative estimate of drug-likeness (QED) is 0.0421. The minimum Gasteiger partial charge on any atom is -0.466 e. The zero-order valence-electron chi connectivity index (χ0n) is 37.9. The summed E-state index contributed by atoms with van der Waals surface area (Å²) in [5.41, 5.74) is 0. The minimum atomic E-state index is -0.668. The lowest BCUT2D eigenvalue weighted by Crippen LogP contribution is -2.45. The topological polar surface area (TPSA) is 95.9 Å². The number of hydrogen-bond acceptors (Lipinski definition) is 5. The van der Waals surface area contributed by atoms with Crippen molar-refractivity contribution in [1.82, 2.24) is 5.32 Å². The van der Waals surface area contributed by atoms with E-state index in [1.54, 1.807) is 0 Å². The molecule has 1 amide bonds. The summed E-state index contributed by atoms with van der Waals surface area (Å²) in [6, 6.07) is -0.546. The maximum Gasteiger partial charge on any atom is 0.305 e. The van der Waals surface area contributed by atoms with Crippen LogP contribution >= 0.6 is 0 Å². The molecule has 0 bridgehead atoms. The zero-order valence-corrected chi connectivity index (χ0v) is 37.9. The Bertz CT molecular complexity index is 791. The van der Waals surface area contributed by atoms with Crippen LogP contribution in [0, 0.1) is 0 Å². The Morgan fingerprint density at radius 1 is 0.429 bits per heavy atom. The molecule has 0 radical (unpaired) electrons. The van der Waals surface area contributed by atoms with Crippen LogP contribution in [0.4, 0.5) is 0 Å². The third-order valence-corrected chi connectivity index (χ3v) is 11.9. The van der Waals surface area contributed by atoms with Crippen molar-refractivity contribution in [3.8, 4) is 0 Å². The molecule has 2 unspecified atom stereocenters. The first kappa shape index (κ1) is 54.9. The Morgan fingerprint density at radius 2 is 0.732 bits per heavy atom. The van der Waals surface area contributed by atoms with Crippen LogP contribution in [0.1, 0.15) is 284 Å². The van der Waals surface area contributed by atoms with Gasteiger partial charge in [0, 0.05) is 12.8 Å². The molecule has 0 fully saturated rings. The fourth-order valence-corrected chi connectivity index (χ4v) is 7.99. The first-order valence-electron chi connectivity index (χ1n) is 25.3. The van der Waals surface area contributed by atoms with Crippen molar-refractivity contribution in [1.29, 1.82) is 0 Å². The molecule has 0 aromatic rings. The number of esters is 1. The Morgan fingerprint density at radius 3 is 1.09 bits per heavy atom. The summed E-state index contributed by atoms with van der Waals surface area (Å²) >= 11 is 0. The molecule has 6 heteroatoms. The second-order valence-corrected chi connectivity index (χ2v) is 17.5. The monoisotopic (exact) mass is 794 g/mol. The maximum absolute atomic E-state index is 12.4. The summed E-state index contributed by atoms with van der Waals surface area (Å²) in [5.74, 6) is -0.0451. The third kappa shape index (κ3) is 42.5. The van der Waals surface area contributed by atoms with E-state index in [9.17, 15) is 19.8 Å². The first-order chi connectivity index (χ1) is 27.5. The minimum absolute atomic E-state index is 0.000303. The normalized spacial score (nSPS) is 12.6. The lowest BCUT2D eigenvalue weighted by Gasteiger charge is -2.22. The van der Waals surface area contributed by atoms with Crippen molar-refractivity contribution >= 4 is 11.9 Å². The predicted molar refractivity (Wildman–Crippen MR) is 241 cm³/mol. The van der Waals surface area contributed by atoms with Crippen LogP contribution in [0.3, 0.4) is 0 Å². The number of unbranched alkanes of at least 4 members (excludes halogenated alkanes) is 36. The molecule has 3 N–H and O–H groups in total. The molecule has 0 heterocycles. The highest BCUT2D eigenvalue weighted by atomic mass is 16.5. The smallest absolute Gasteiger partial charge is 0.305 e. The van der Waals surface area contributed by atoms with Gasteiger partial charge in [-0.3, -0.25) is 9.59 Å². The van der Waals surface area contributed by atoms with E-state index < -0.39 is 12.1 Å². The highest BCUT2D eigenvalue weighted by Gasteiger charge is 2.20. The number of ether oxygens (including phenoxy) is 1. The van der Waals surface area contributed by atoms with Gasteiger partial charge in [-0.1, -0.05) is 245 Å². The standard InChI is InChI=1S/C50H99NO5/c1-3-5-7-9-11-13-15-19-24-28-32-36-40-44-50(55)56-45-41-37-33-29-25-21-18-17-20-23-27-31-35-39-43-49(54)51-47(46-52)48(53)42-38-34-30-26-22-16-14-12-10-8-6-4-2/h47-48,52-53H,3-46H2,1-2H3,(H,51,54).